The smallest absolute Gasteiger partial charge is 0.276 e. The second-order valence-electron chi connectivity index (χ2n) is 8.37. The van der Waals surface area contributed by atoms with Crippen LogP contribution in [-0.2, 0) is 0 Å². The molecule has 0 bridgehead atoms. The number of likely N-dealkylation sites (tertiary alicyclic amines) is 1. The number of halogens is 2. The number of hydrogen-bond acceptors (Lipinski definition) is 5. The van der Waals surface area contributed by atoms with E-state index in [1.807, 2.05) is 0 Å². The van der Waals surface area contributed by atoms with Gasteiger partial charge in [0.25, 0.3) is 17.7 Å². The molecule has 1 aliphatic heterocycles. The molecule has 2 aromatic carbocycles. The zero-order valence-corrected chi connectivity index (χ0v) is 20.2. The molecule has 4 rings (SSSR count). The van der Waals surface area contributed by atoms with Crippen molar-refractivity contribution in [2.75, 3.05) is 36.8 Å². The van der Waals surface area contributed by atoms with E-state index >= 15 is 0 Å². The number of nitrogens with one attached hydrogen (secondary N) is 4. The highest BCUT2D eigenvalue weighted by Crippen LogP contribution is 2.22. The van der Waals surface area contributed by atoms with Gasteiger partial charge >= 0.3 is 0 Å². The number of hydrogen-bond donors (Lipinski definition) is 4. The van der Waals surface area contributed by atoms with Crippen LogP contribution in [0.15, 0.2) is 48.8 Å². The molecule has 0 radical (unpaired) electrons. The van der Waals surface area contributed by atoms with Crippen LogP contribution in [0.5, 0.6) is 0 Å². The van der Waals surface area contributed by atoms with Gasteiger partial charge in [-0.3, -0.25) is 14.4 Å². The quantitative estimate of drug-likeness (QED) is 0.365. The molecule has 1 saturated heterocycles. The molecule has 0 saturated carbocycles. The summed E-state index contributed by atoms with van der Waals surface area (Å²) in [4.78, 5) is 46.6. The number of benzene rings is 2. The molecule has 0 aliphatic carbocycles. The number of carbonyl (C=O) groups is 3. The van der Waals surface area contributed by atoms with Gasteiger partial charge in [-0.1, -0.05) is 30.2 Å². The van der Waals surface area contributed by atoms with Crippen LogP contribution in [0.2, 0.25) is 5.02 Å². The van der Waals surface area contributed by atoms with Gasteiger partial charge in [-0.15, -0.1) is 0 Å². The Morgan fingerprint density at radius 2 is 1.78 bits per heavy atom. The lowest BCUT2D eigenvalue weighted by molar-refractivity contribution is 0.0929. The summed E-state index contributed by atoms with van der Waals surface area (Å²) in [5, 5.41) is 8.03. The molecule has 36 heavy (non-hydrogen) atoms. The average molecular weight is 513 g/mol. The van der Waals surface area contributed by atoms with Gasteiger partial charge in [-0.25, -0.2) is 9.37 Å². The predicted octanol–water partition coefficient (Wildman–Crippen LogP) is 3.92. The van der Waals surface area contributed by atoms with E-state index in [0.717, 1.165) is 38.5 Å². The fourth-order valence-corrected chi connectivity index (χ4v) is 4.18. The predicted molar refractivity (Wildman–Crippen MR) is 135 cm³/mol. The van der Waals surface area contributed by atoms with Crippen molar-refractivity contribution in [3.05, 3.63) is 76.6 Å². The maximum atomic E-state index is 14.6. The summed E-state index contributed by atoms with van der Waals surface area (Å²) in [6.45, 7) is 3.23. The van der Waals surface area contributed by atoms with E-state index in [0.29, 0.717) is 6.54 Å². The lowest BCUT2D eigenvalue weighted by atomic mass is 10.1. The van der Waals surface area contributed by atoms with Crippen molar-refractivity contribution in [3.8, 4) is 0 Å². The first kappa shape index (κ1) is 25.3. The van der Waals surface area contributed by atoms with Crippen LogP contribution in [0.1, 0.15) is 50.6 Å². The number of piperidine rings is 1. The number of amides is 3. The van der Waals surface area contributed by atoms with Crippen molar-refractivity contribution in [2.24, 2.45) is 0 Å². The number of imidazole rings is 1. The first-order valence-electron chi connectivity index (χ1n) is 11.6. The third-order valence-corrected chi connectivity index (χ3v) is 6.17. The Morgan fingerprint density at radius 3 is 2.53 bits per heavy atom. The van der Waals surface area contributed by atoms with E-state index in [4.69, 9.17) is 11.6 Å². The van der Waals surface area contributed by atoms with E-state index in [-0.39, 0.29) is 33.3 Å². The Bertz CT molecular complexity index is 1260. The molecular weight excluding hydrogens is 487 g/mol. The number of carbonyl (C=O) groups excluding carboxylic acids is 3. The standard InChI is InChI=1S/C25H26ClFN6O3/c26-18-7-3-2-6-17(18)23(34)32-20-9-8-16(14-19(20)27)31-25(36)22-21(29-15-30-22)24(35)28-10-13-33-11-4-1-5-12-33/h2-3,6-9,14-15H,1,4-5,10-13H2,(H,28,35)(H,29,30)(H,31,36)(H,32,34). The molecule has 0 spiro atoms. The summed E-state index contributed by atoms with van der Waals surface area (Å²) in [7, 11) is 0. The Kier molecular flexibility index (Phi) is 8.29. The van der Waals surface area contributed by atoms with Gasteiger partial charge in [0.2, 0.25) is 0 Å². The molecule has 3 aromatic rings. The minimum absolute atomic E-state index is 0.0234. The number of nitrogens with zero attached hydrogens (tertiary/aromatic N) is 2. The van der Waals surface area contributed by atoms with Gasteiger partial charge in [0, 0.05) is 18.8 Å². The molecule has 0 unspecified atom stereocenters. The zero-order chi connectivity index (χ0) is 25.5. The zero-order valence-electron chi connectivity index (χ0n) is 19.4. The summed E-state index contributed by atoms with van der Waals surface area (Å²) in [6.07, 6.45) is 4.81. The van der Waals surface area contributed by atoms with Gasteiger partial charge in [0.1, 0.15) is 11.5 Å². The number of anilines is 2. The van der Waals surface area contributed by atoms with Gasteiger partial charge in [0.05, 0.1) is 22.6 Å². The third kappa shape index (κ3) is 6.27. The molecule has 1 aromatic heterocycles. The van der Waals surface area contributed by atoms with Gasteiger partial charge in [-0.2, -0.15) is 0 Å². The summed E-state index contributed by atoms with van der Waals surface area (Å²) < 4.78 is 14.6. The van der Waals surface area contributed by atoms with Gasteiger partial charge < -0.3 is 25.8 Å². The summed E-state index contributed by atoms with van der Waals surface area (Å²) in [6, 6.07) is 10.2. The number of rotatable bonds is 8. The number of aromatic amines is 1. The fraction of sp³-hybridized carbons (Fsp3) is 0.280. The molecule has 2 heterocycles. The summed E-state index contributed by atoms with van der Waals surface area (Å²) >= 11 is 6.01. The summed E-state index contributed by atoms with van der Waals surface area (Å²) in [5.74, 6) is -2.45. The second kappa shape index (κ2) is 11.8. The summed E-state index contributed by atoms with van der Waals surface area (Å²) in [5.41, 5.74) is 0.174. The Labute approximate surface area is 212 Å². The SMILES string of the molecule is O=C(Nc1ccc(NC(=O)c2nc[nH]c2C(=O)NCCN2CCCCC2)cc1F)c1ccccc1Cl. The number of H-pyrrole nitrogens is 1. The van der Waals surface area contributed by atoms with Crippen molar-refractivity contribution in [1.29, 1.82) is 0 Å². The van der Waals surface area contributed by atoms with Crippen molar-refractivity contribution < 1.29 is 18.8 Å². The Balaban J connectivity index is 1.35. The van der Waals surface area contributed by atoms with Gasteiger partial charge in [0.15, 0.2) is 5.69 Å². The average Bonchev–Trinajstić information content (AvgIpc) is 3.37. The largest absolute Gasteiger partial charge is 0.349 e. The Morgan fingerprint density at radius 1 is 1.00 bits per heavy atom. The third-order valence-electron chi connectivity index (χ3n) is 5.84. The first-order chi connectivity index (χ1) is 17.4. The minimum Gasteiger partial charge on any atom is -0.349 e. The topological polar surface area (TPSA) is 119 Å². The van der Waals surface area contributed by atoms with Crippen LogP contribution >= 0.6 is 11.6 Å². The van der Waals surface area contributed by atoms with E-state index < -0.39 is 23.5 Å². The van der Waals surface area contributed by atoms with Gasteiger partial charge in [-0.05, 0) is 56.3 Å². The minimum atomic E-state index is -0.758. The lowest BCUT2D eigenvalue weighted by Gasteiger charge is -2.26. The van der Waals surface area contributed by atoms with E-state index in [1.165, 1.54) is 30.9 Å². The van der Waals surface area contributed by atoms with E-state index in [1.54, 1.807) is 18.2 Å². The van der Waals surface area contributed by atoms with Crippen LogP contribution in [0.3, 0.4) is 0 Å². The monoisotopic (exact) mass is 512 g/mol. The molecule has 3 amide bonds. The molecule has 1 fully saturated rings. The maximum Gasteiger partial charge on any atom is 0.276 e. The lowest BCUT2D eigenvalue weighted by Crippen LogP contribution is -2.38. The molecule has 11 heteroatoms. The molecule has 9 nitrogen and oxygen atoms in total. The molecule has 1 aliphatic rings. The van der Waals surface area contributed by atoms with Crippen LogP contribution in [0, 0.1) is 5.82 Å². The highest BCUT2D eigenvalue weighted by molar-refractivity contribution is 6.34. The maximum absolute atomic E-state index is 14.6. The molecule has 4 N–H and O–H groups in total. The van der Waals surface area contributed by atoms with Crippen LogP contribution < -0.4 is 16.0 Å². The van der Waals surface area contributed by atoms with E-state index in [2.05, 4.69) is 30.8 Å². The van der Waals surface area contributed by atoms with Crippen LogP contribution in [0.25, 0.3) is 0 Å². The van der Waals surface area contributed by atoms with Crippen molar-refractivity contribution in [2.45, 2.75) is 19.3 Å². The van der Waals surface area contributed by atoms with Crippen molar-refractivity contribution >= 4 is 40.7 Å². The first-order valence-corrected chi connectivity index (χ1v) is 12.0. The van der Waals surface area contributed by atoms with E-state index in [9.17, 15) is 18.8 Å². The number of aromatic nitrogens is 2. The molecule has 0 atom stereocenters. The highest BCUT2D eigenvalue weighted by atomic mass is 35.5. The normalized spacial score (nSPS) is 13.7. The second-order valence-corrected chi connectivity index (χ2v) is 8.77. The van der Waals surface area contributed by atoms with Crippen LogP contribution in [0.4, 0.5) is 15.8 Å². The Hall–Kier alpha value is -3.76. The van der Waals surface area contributed by atoms with Crippen LogP contribution in [-0.4, -0.2) is 58.8 Å². The highest BCUT2D eigenvalue weighted by Gasteiger charge is 2.21. The molecular formula is C25H26ClFN6O3. The fourth-order valence-electron chi connectivity index (χ4n) is 3.96. The van der Waals surface area contributed by atoms with Crippen molar-refractivity contribution in [3.63, 3.8) is 0 Å². The molecule has 188 valence electrons. The van der Waals surface area contributed by atoms with Crippen molar-refractivity contribution in [1.82, 2.24) is 20.2 Å².